The average Bonchev–Trinajstić information content (AvgIpc) is 2.63. The minimum absolute atomic E-state index is 0.00741. The molecule has 5 N–H and O–H groups in total. The summed E-state index contributed by atoms with van der Waals surface area (Å²) in [5, 5.41) is 22.9. The Labute approximate surface area is 156 Å². The normalized spacial score (nSPS) is 22.3. The monoisotopic (exact) mass is 400 g/mol. The Morgan fingerprint density at radius 1 is 1.41 bits per heavy atom. The Balaban J connectivity index is 2.20. The van der Waals surface area contributed by atoms with Crippen molar-refractivity contribution in [3.05, 3.63) is 27.6 Å². The smallest absolute Gasteiger partial charge is 0.404 e. The van der Waals surface area contributed by atoms with Crippen LogP contribution in [0.3, 0.4) is 0 Å². The van der Waals surface area contributed by atoms with Crippen molar-refractivity contribution in [2.75, 3.05) is 12.4 Å². The average molecular weight is 400 g/mol. The minimum atomic E-state index is -1.40. The van der Waals surface area contributed by atoms with Gasteiger partial charge in [0.25, 0.3) is 11.8 Å². The van der Waals surface area contributed by atoms with Gasteiger partial charge in [-0.3, -0.25) is 14.5 Å². The Bertz CT molecular complexity index is 777. The quantitative estimate of drug-likeness (QED) is 0.193. The number of aliphatic carboxylic acids is 1. The predicted octanol–water partition coefficient (Wildman–Crippen LogP) is -0.234. The van der Waals surface area contributed by atoms with E-state index in [-0.39, 0.29) is 30.1 Å². The van der Waals surface area contributed by atoms with E-state index in [2.05, 4.69) is 15.2 Å². The number of carbonyl (C=O) groups is 4. The van der Waals surface area contributed by atoms with Crippen molar-refractivity contribution >= 4 is 35.6 Å². The fraction of sp³-hybridized carbons (Fsp3) is 0.429. The third-order valence-corrected chi connectivity index (χ3v) is 5.18. The molecule has 1 fully saturated rings. The lowest BCUT2D eigenvalue weighted by Crippen LogP contribution is -2.70. The van der Waals surface area contributed by atoms with Crippen LogP contribution in [0.5, 0.6) is 0 Å². The second-order valence-corrected chi connectivity index (χ2v) is 6.57. The molecule has 0 bridgehead atoms. The van der Waals surface area contributed by atoms with Gasteiger partial charge in [-0.2, -0.15) is 0 Å². The van der Waals surface area contributed by atoms with E-state index in [9.17, 15) is 34.3 Å². The van der Waals surface area contributed by atoms with E-state index < -0.39 is 46.7 Å². The second-order valence-electron chi connectivity index (χ2n) is 5.47. The number of primary amides is 1. The lowest BCUT2D eigenvalue weighted by Gasteiger charge is -2.49. The van der Waals surface area contributed by atoms with E-state index >= 15 is 0 Å². The summed E-state index contributed by atoms with van der Waals surface area (Å²) in [6.07, 6.45) is -1.09. The molecule has 2 rings (SSSR count). The van der Waals surface area contributed by atoms with Gasteiger partial charge in [0.1, 0.15) is 29.5 Å². The number of allylic oxidation sites excluding steroid dienone is 1. The number of rotatable bonds is 7. The summed E-state index contributed by atoms with van der Waals surface area (Å²) >= 11 is 1.13. The number of aliphatic hydroxyl groups is 1. The van der Waals surface area contributed by atoms with Crippen molar-refractivity contribution in [2.45, 2.75) is 24.8 Å². The molecule has 12 nitrogen and oxygen atoms in total. The molecular formula is C14H16N4O8S. The first-order valence-electron chi connectivity index (χ1n) is 7.61. The van der Waals surface area contributed by atoms with Gasteiger partial charge in [0.15, 0.2) is 0 Å². The second kappa shape index (κ2) is 8.07. The number of amides is 3. The van der Waals surface area contributed by atoms with Gasteiger partial charge in [-0.05, 0) is 5.18 Å². The molecule has 0 aromatic rings. The number of ether oxygens (including phenoxy) is 1. The SMILES string of the molecule is CCC(O)=C(N=O)C(=O)N[C@@H]1C(=O)N2C(C(=O)O)=C(COC(N)=O)CS[C@@H]12. The van der Waals surface area contributed by atoms with Crippen LogP contribution in [0.2, 0.25) is 0 Å². The highest BCUT2D eigenvalue weighted by atomic mass is 32.2. The van der Waals surface area contributed by atoms with Crippen LogP contribution >= 0.6 is 11.8 Å². The van der Waals surface area contributed by atoms with Crippen LogP contribution in [-0.2, 0) is 19.1 Å². The number of hydrogen-bond acceptors (Lipinski definition) is 9. The summed E-state index contributed by atoms with van der Waals surface area (Å²) in [6.45, 7) is 1.12. The van der Waals surface area contributed by atoms with Crippen molar-refractivity contribution in [2.24, 2.45) is 10.9 Å². The number of fused-ring (bicyclic) bond motifs is 1. The van der Waals surface area contributed by atoms with Crippen molar-refractivity contribution in [1.82, 2.24) is 10.2 Å². The topological polar surface area (TPSA) is 189 Å². The van der Waals surface area contributed by atoms with E-state index in [0.29, 0.717) is 0 Å². The molecule has 146 valence electrons. The maximum atomic E-state index is 12.4. The maximum absolute atomic E-state index is 12.4. The molecule has 2 atom stereocenters. The molecule has 3 amide bonds. The van der Waals surface area contributed by atoms with Gasteiger partial charge in [0.2, 0.25) is 5.70 Å². The zero-order chi connectivity index (χ0) is 20.3. The van der Waals surface area contributed by atoms with E-state index in [0.717, 1.165) is 16.7 Å². The van der Waals surface area contributed by atoms with Crippen molar-refractivity contribution in [1.29, 1.82) is 0 Å². The molecule has 0 aromatic heterocycles. The van der Waals surface area contributed by atoms with Crippen molar-refractivity contribution < 1.29 is 34.1 Å². The number of carbonyl (C=O) groups excluding carboxylic acids is 3. The summed E-state index contributed by atoms with van der Waals surface area (Å²) in [5.74, 6) is -3.58. The lowest BCUT2D eigenvalue weighted by molar-refractivity contribution is -0.150. The standard InChI is InChI=1S/C14H16N4O8S/c1-2-6(19)7(17-25)10(20)16-8-11(21)18-9(13(22)23)5(3-26-14(15)24)4-27-12(8)18/h8,12,19H,2-4H2,1H3,(H2,15,24)(H,16,20)(H,22,23)/t8-,12+/m1/s1. The molecule has 0 aliphatic carbocycles. The highest BCUT2D eigenvalue weighted by Gasteiger charge is 2.54. The fourth-order valence-corrected chi connectivity index (χ4v) is 3.88. The number of aliphatic hydroxyl groups excluding tert-OH is 1. The molecule has 2 heterocycles. The van der Waals surface area contributed by atoms with Crippen molar-refractivity contribution in [3.8, 4) is 0 Å². The first-order chi connectivity index (χ1) is 12.7. The number of nitrogens with one attached hydrogen (secondary N) is 1. The van der Waals surface area contributed by atoms with Gasteiger partial charge < -0.3 is 26.0 Å². The first-order valence-corrected chi connectivity index (χ1v) is 8.66. The lowest BCUT2D eigenvalue weighted by atomic mass is 10.0. The highest BCUT2D eigenvalue weighted by molar-refractivity contribution is 8.00. The number of nitrogens with zero attached hydrogens (tertiary/aromatic N) is 2. The highest BCUT2D eigenvalue weighted by Crippen LogP contribution is 2.40. The van der Waals surface area contributed by atoms with E-state index in [1.165, 1.54) is 6.92 Å². The van der Waals surface area contributed by atoms with Crippen LogP contribution < -0.4 is 11.1 Å². The third-order valence-electron chi connectivity index (χ3n) is 3.84. The first kappa shape index (κ1) is 20.2. The molecule has 0 saturated carbocycles. The van der Waals surface area contributed by atoms with E-state index in [1.807, 2.05) is 0 Å². The maximum Gasteiger partial charge on any atom is 0.404 e. The molecule has 13 heteroatoms. The summed E-state index contributed by atoms with van der Waals surface area (Å²) in [7, 11) is 0. The summed E-state index contributed by atoms with van der Waals surface area (Å²) in [4.78, 5) is 58.4. The zero-order valence-electron chi connectivity index (χ0n) is 14.0. The molecule has 0 aromatic carbocycles. The van der Waals surface area contributed by atoms with Gasteiger partial charge in [-0.15, -0.1) is 16.7 Å². The molecule has 1 saturated heterocycles. The Kier molecular flexibility index (Phi) is 6.05. The van der Waals surface area contributed by atoms with Crippen LogP contribution in [0.1, 0.15) is 13.3 Å². The number of β-lactam (4-membered cyclic amide) rings is 1. The number of carboxylic acids is 1. The number of carboxylic acid groups (broad SMARTS) is 1. The van der Waals surface area contributed by atoms with Gasteiger partial charge in [0.05, 0.1) is 0 Å². The van der Waals surface area contributed by atoms with Gasteiger partial charge in [-0.25, -0.2) is 9.59 Å². The van der Waals surface area contributed by atoms with E-state index in [1.54, 1.807) is 0 Å². The van der Waals surface area contributed by atoms with E-state index in [4.69, 9.17) is 5.73 Å². The molecule has 2 aliphatic heterocycles. The van der Waals surface area contributed by atoms with Gasteiger partial charge in [0, 0.05) is 17.7 Å². The predicted molar refractivity (Wildman–Crippen MR) is 91.0 cm³/mol. The van der Waals surface area contributed by atoms with Gasteiger partial charge >= 0.3 is 12.1 Å². The molecule has 0 spiro atoms. The minimum Gasteiger partial charge on any atom is -0.510 e. The Morgan fingerprint density at radius 2 is 2.07 bits per heavy atom. The fourth-order valence-electron chi connectivity index (χ4n) is 2.55. The van der Waals surface area contributed by atoms with Crippen molar-refractivity contribution in [3.63, 3.8) is 0 Å². The third kappa shape index (κ3) is 3.86. The number of nitrogens with two attached hydrogens (primary N) is 1. The number of hydrogen-bond donors (Lipinski definition) is 4. The molecule has 0 unspecified atom stereocenters. The molecule has 0 radical (unpaired) electrons. The van der Waals surface area contributed by atoms with Crippen LogP contribution in [0, 0.1) is 4.91 Å². The van der Waals surface area contributed by atoms with Crippen LogP contribution in [0.4, 0.5) is 4.79 Å². The Hall–Kier alpha value is -3.09. The largest absolute Gasteiger partial charge is 0.510 e. The zero-order valence-corrected chi connectivity index (χ0v) is 14.8. The van der Waals surface area contributed by atoms with Gasteiger partial charge in [-0.1, -0.05) is 6.92 Å². The van der Waals surface area contributed by atoms with Crippen LogP contribution in [0.25, 0.3) is 0 Å². The van der Waals surface area contributed by atoms with Crippen LogP contribution in [0.15, 0.2) is 27.9 Å². The summed E-state index contributed by atoms with van der Waals surface area (Å²) in [6, 6.07) is -1.10. The number of thioether (sulfide) groups is 1. The molecule has 2 aliphatic rings. The molecular weight excluding hydrogens is 384 g/mol. The summed E-state index contributed by atoms with van der Waals surface area (Å²) < 4.78 is 4.60. The Morgan fingerprint density at radius 3 is 2.59 bits per heavy atom. The van der Waals surface area contributed by atoms with Crippen LogP contribution in [-0.4, -0.2) is 62.8 Å². The summed E-state index contributed by atoms with van der Waals surface area (Å²) in [5.41, 5.74) is 3.95. The molecule has 27 heavy (non-hydrogen) atoms. The number of nitroso groups, excluding NO2 is 1.